The van der Waals surface area contributed by atoms with Gasteiger partial charge in [0.1, 0.15) is 5.75 Å². The third kappa shape index (κ3) is 13.2. The molecule has 1 aromatic rings. The van der Waals surface area contributed by atoms with Gasteiger partial charge >= 0.3 is 5.97 Å². The van der Waals surface area contributed by atoms with Crippen molar-refractivity contribution in [1.29, 1.82) is 0 Å². The van der Waals surface area contributed by atoms with Crippen molar-refractivity contribution in [3.05, 3.63) is 24.3 Å². The van der Waals surface area contributed by atoms with E-state index in [4.69, 9.17) is 9.47 Å². The first kappa shape index (κ1) is 25.3. The second kappa shape index (κ2) is 14.3. The van der Waals surface area contributed by atoms with Crippen LogP contribution in [0.2, 0.25) is 0 Å². The van der Waals surface area contributed by atoms with Crippen LogP contribution in [0.3, 0.4) is 0 Å². The van der Waals surface area contributed by atoms with Crippen LogP contribution in [0.5, 0.6) is 5.75 Å². The van der Waals surface area contributed by atoms with Crippen LogP contribution in [-0.4, -0.2) is 33.4 Å². The van der Waals surface area contributed by atoms with Gasteiger partial charge in [0.2, 0.25) is 10.0 Å². The number of hydrogen-bond donors (Lipinski definition) is 1. The molecule has 0 aliphatic heterocycles. The van der Waals surface area contributed by atoms with E-state index in [0.717, 1.165) is 19.1 Å². The molecule has 1 N–H and O–H groups in total. The van der Waals surface area contributed by atoms with E-state index in [1.807, 2.05) is 0 Å². The lowest BCUT2D eigenvalue weighted by Crippen LogP contribution is -2.26. The zero-order valence-electron chi connectivity index (χ0n) is 18.1. The summed E-state index contributed by atoms with van der Waals surface area (Å²) in [6, 6.07) is 6.38. The largest absolute Gasteiger partial charge is 0.479 e. The fraction of sp³-hybridized carbons (Fsp3) is 0.682. The maximum atomic E-state index is 12.0. The van der Waals surface area contributed by atoms with Crippen molar-refractivity contribution >= 4 is 21.7 Å². The van der Waals surface area contributed by atoms with Gasteiger partial charge in [0, 0.05) is 5.69 Å². The second-order valence-corrected chi connectivity index (χ2v) is 9.26. The number of unbranched alkanes of at least 4 members (excludes halogenated alkanes) is 9. The third-order valence-corrected chi connectivity index (χ3v) is 5.15. The number of nitrogens with one attached hydrogen (secondary N) is 1. The summed E-state index contributed by atoms with van der Waals surface area (Å²) in [6.07, 6.45) is 12.7. The van der Waals surface area contributed by atoms with E-state index >= 15 is 0 Å². The first-order valence-electron chi connectivity index (χ1n) is 10.7. The number of anilines is 1. The number of benzene rings is 1. The highest BCUT2D eigenvalue weighted by molar-refractivity contribution is 7.92. The SMILES string of the molecule is CCCCCCCCCCCCOC(=O)C(C)Oc1ccc(NS(C)(=O)=O)cc1. The molecule has 0 aromatic heterocycles. The van der Waals surface area contributed by atoms with Gasteiger partial charge in [-0.25, -0.2) is 13.2 Å². The van der Waals surface area contributed by atoms with E-state index in [1.54, 1.807) is 31.2 Å². The molecule has 6 nitrogen and oxygen atoms in total. The molecule has 0 spiro atoms. The zero-order chi connectivity index (χ0) is 21.5. The second-order valence-electron chi connectivity index (χ2n) is 7.51. The Labute approximate surface area is 176 Å². The van der Waals surface area contributed by atoms with Crippen LogP contribution >= 0.6 is 0 Å². The van der Waals surface area contributed by atoms with Crippen molar-refractivity contribution in [1.82, 2.24) is 0 Å². The molecule has 0 saturated heterocycles. The monoisotopic (exact) mass is 427 g/mol. The Kier molecular flexibility index (Phi) is 12.4. The summed E-state index contributed by atoms with van der Waals surface area (Å²) in [5, 5.41) is 0. The molecular weight excluding hydrogens is 390 g/mol. The summed E-state index contributed by atoms with van der Waals surface area (Å²) in [5.41, 5.74) is 0.441. The van der Waals surface area contributed by atoms with Gasteiger partial charge in [0.05, 0.1) is 12.9 Å². The van der Waals surface area contributed by atoms with Crippen molar-refractivity contribution in [2.75, 3.05) is 17.6 Å². The Hall–Kier alpha value is -1.76. The van der Waals surface area contributed by atoms with Gasteiger partial charge in [0.15, 0.2) is 6.10 Å². The molecule has 1 aromatic carbocycles. The molecule has 1 unspecified atom stereocenters. The number of rotatable bonds is 16. The van der Waals surface area contributed by atoms with Crippen LogP contribution < -0.4 is 9.46 Å². The minimum absolute atomic E-state index is 0.390. The molecule has 0 saturated carbocycles. The molecule has 0 fully saturated rings. The predicted octanol–water partition coefficient (Wildman–Crippen LogP) is 5.29. The number of carbonyl (C=O) groups is 1. The Morgan fingerprint density at radius 1 is 0.931 bits per heavy atom. The van der Waals surface area contributed by atoms with E-state index in [9.17, 15) is 13.2 Å². The molecule has 29 heavy (non-hydrogen) atoms. The highest BCUT2D eigenvalue weighted by Gasteiger charge is 2.16. The van der Waals surface area contributed by atoms with Crippen LogP contribution in [-0.2, 0) is 19.6 Å². The number of ether oxygens (including phenoxy) is 2. The number of hydrogen-bond acceptors (Lipinski definition) is 5. The zero-order valence-corrected chi connectivity index (χ0v) is 18.9. The molecular formula is C22H37NO5S. The fourth-order valence-corrected chi connectivity index (χ4v) is 3.51. The lowest BCUT2D eigenvalue weighted by atomic mass is 10.1. The van der Waals surface area contributed by atoms with Gasteiger partial charge in [-0.3, -0.25) is 4.72 Å². The van der Waals surface area contributed by atoms with E-state index in [1.165, 1.54) is 51.4 Å². The molecule has 0 radical (unpaired) electrons. The van der Waals surface area contributed by atoms with Gasteiger partial charge in [-0.15, -0.1) is 0 Å². The molecule has 0 amide bonds. The van der Waals surface area contributed by atoms with Crippen molar-refractivity contribution in [3.8, 4) is 5.75 Å². The summed E-state index contributed by atoms with van der Waals surface area (Å²) < 4.78 is 35.6. The first-order valence-corrected chi connectivity index (χ1v) is 12.6. The maximum Gasteiger partial charge on any atom is 0.347 e. The summed E-state index contributed by atoms with van der Waals surface area (Å²) in [7, 11) is -3.32. The van der Waals surface area contributed by atoms with Crippen LogP contribution in [0.15, 0.2) is 24.3 Å². The van der Waals surface area contributed by atoms with Crippen LogP contribution in [0.25, 0.3) is 0 Å². The average Bonchev–Trinajstić information content (AvgIpc) is 2.66. The molecule has 0 bridgehead atoms. The average molecular weight is 428 g/mol. The van der Waals surface area contributed by atoms with Gasteiger partial charge in [0.25, 0.3) is 0 Å². The van der Waals surface area contributed by atoms with Crippen LogP contribution in [0.1, 0.15) is 78.1 Å². The fourth-order valence-electron chi connectivity index (χ4n) is 2.95. The van der Waals surface area contributed by atoms with Crippen LogP contribution in [0, 0.1) is 0 Å². The van der Waals surface area contributed by atoms with Crippen molar-refractivity contribution < 1.29 is 22.7 Å². The Bertz CT molecular complexity index is 673. The Morgan fingerprint density at radius 3 is 1.97 bits per heavy atom. The first-order chi connectivity index (χ1) is 13.8. The van der Waals surface area contributed by atoms with Crippen molar-refractivity contribution in [2.24, 2.45) is 0 Å². The van der Waals surface area contributed by atoms with E-state index in [0.29, 0.717) is 18.0 Å². The summed E-state index contributed by atoms with van der Waals surface area (Å²) in [5.74, 6) is 0.0895. The van der Waals surface area contributed by atoms with Gasteiger partial charge in [-0.2, -0.15) is 0 Å². The van der Waals surface area contributed by atoms with Crippen molar-refractivity contribution in [2.45, 2.75) is 84.2 Å². The highest BCUT2D eigenvalue weighted by Crippen LogP contribution is 2.18. The van der Waals surface area contributed by atoms with E-state index in [2.05, 4.69) is 11.6 Å². The van der Waals surface area contributed by atoms with Gasteiger partial charge in [-0.1, -0.05) is 64.7 Å². The molecule has 1 atom stereocenters. The lowest BCUT2D eigenvalue weighted by Gasteiger charge is -2.14. The van der Waals surface area contributed by atoms with Crippen molar-refractivity contribution in [3.63, 3.8) is 0 Å². The standard InChI is InChI=1S/C22H37NO5S/c1-4-5-6-7-8-9-10-11-12-13-18-27-22(24)19(2)28-21-16-14-20(15-17-21)23-29(3,25)26/h14-17,19,23H,4-13,18H2,1-3H3. The smallest absolute Gasteiger partial charge is 0.347 e. The minimum Gasteiger partial charge on any atom is -0.479 e. The molecule has 0 aliphatic rings. The summed E-state index contributed by atoms with van der Waals surface area (Å²) >= 11 is 0. The van der Waals surface area contributed by atoms with Gasteiger partial charge < -0.3 is 9.47 Å². The minimum atomic E-state index is -3.32. The highest BCUT2D eigenvalue weighted by atomic mass is 32.2. The topological polar surface area (TPSA) is 81.7 Å². The normalized spacial score (nSPS) is 12.4. The molecule has 0 heterocycles. The van der Waals surface area contributed by atoms with E-state index < -0.39 is 16.1 Å². The van der Waals surface area contributed by atoms with Gasteiger partial charge in [-0.05, 0) is 37.6 Å². The lowest BCUT2D eigenvalue weighted by molar-refractivity contribution is -0.151. The molecule has 0 aliphatic carbocycles. The van der Waals surface area contributed by atoms with Crippen LogP contribution in [0.4, 0.5) is 5.69 Å². The van der Waals surface area contributed by atoms with E-state index in [-0.39, 0.29) is 5.97 Å². The summed E-state index contributed by atoms with van der Waals surface area (Å²) in [6.45, 7) is 4.29. The number of esters is 1. The molecule has 166 valence electrons. The number of carbonyl (C=O) groups excluding carboxylic acids is 1. The predicted molar refractivity (Wildman–Crippen MR) is 118 cm³/mol. The maximum absolute atomic E-state index is 12.0. The Balaban J connectivity index is 2.12. The third-order valence-electron chi connectivity index (χ3n) is 4.54. The quantitative estimate of drug-likeness (QED) is 0.286. The summed E-state index contributed by atoms with van der Waals surface area (Å²) in [4.78, 5) is 12.0. The molecule has 7 heteroatoms. The Morgan fingerprint density at radius 2 is 1.45 bits per heavy atom. The molecule has 1 rings (SSSR count). The number of sulfonamides is 1.